The Morgan fingerprint density at radius 3 is 2.44 bits per heavy atom. The van der Waals surface area contributed by atoms with Gasteiger partial charge in [-0.1, -0.05) is 13.8 Å². The van der Waals surface area contributed by atoms with Gasteiger partial charge in [-0.05, 0) is 77.0 Å². The third kappa shape index (κ3) is 5.80. The summed E-state index contributed by atoms with van der Waals surface area (Å²) in [4.78, 5) is 40.2. The van der Waals surface area contributed by atoms with Crippen LogP contribution in [0.3, 0.4) is 0 Å². The summed E-state index contributed by atoms with van der Waals surface area (Å²) in [6.07, 6.45) is 2.76. The Labute approximate surface area is 201 Å². The Kier molecular flexibility index (Phi) is 8.76. The molecule has 0 radical (unpaired) electrons. The van der Waals surface area contributed by atoms with E-state index in [1.54, 1.807) is 13.8 Å². The molecule has 0 spiro atoms. The summed E-state index contributed by atoms with van der Waals surface area (Å²) in [5, 5.41) is 30.5. The molecule has 3 fully saturated rings. The molecule has 1 saturated carbocycles. The van der Waals surface area contributed by atoms with Gasteiger partial charge in [-0.3, -0.25) is 9.59 Å². The second-order valence-corrected chi connectivity index (χ2v) is 10.8. The highest BCUT2D eigenvalue weighted by Crippen LogP contribution is 2.35. The first-order valence-electron chi connectivity index (χ1n) is 12.8. The number of hydrogen-bond acceptors (Lipinski definition) is 8. The summed E-state index contributed by atoms with van der Waals surface area (Å²) in [5.41, 5.74) is 0. The number of ether oxygens (including phenoxy) is 2. The van der Waals surface area contributed by atoms with Crippen molar-refractivity contribution in [2.45, 2.75) is 115 Å². The molecule has 0 aromatic heterocycles. The number of carbonyl (C=O) groups is 3. The molecule has 1 unspecified atom stereocenters. The molecule has 194 valence electrons. The fraction of sp³-hybridized carbons (Fsp3) is 0.880. The summed E-state index contributed by atoms with van der Waals surface area (Å²) in [6, 6.07) is -0.863. The number of amides is 1. The van der Waals surface area contributed by atoms with Gasteiger partial charge in [-0.25, -0.2) is 4.79 Å². The van der Waals surface area contributed by atoms with Crippen LogP contribution in [0.4, 0.5) is 0 Å². The largest absolute Gasteiger partial charge is 0.461 e. The molecular formula is C25H41NO8. The number of aliphatic hydroxyl groups is 3. The average molecular weight is 484 g/mol. The van der Waals surface area contributed by atoms with Crippen molar-refractivity contribution >= 4 is 17.7 Å². The van der Waals surface area contributed by atoms with Crippen LogP contribution >= 0.6 is 0 Å². The van der Waals surface area contributed by atoms with Crippen molar-refractivity contribution in [1.82, 2.24) is 4.90 Å². The van der Waals surface area contributed by atoms with E-state index in [1.807, 2.05) is 13.8 Å². The van der Waals surface area contributed by atoms with E-state index in [9.17, 15) is 29.7 Å². The van der Waals surface area contributed by atoms with E-state index in [0.717, 1.165) is 12.8 Å². The smallest absolute Gasteiger partial charge is 0.329 e. The van der Waals surface area contributed by atoms with Crippen molar-refractivity contribution in [3.05, 3.63) is 0 Å². The van der Waals surface area contributed by atoms with E-state index < -0.39 is 53.7 Å². The first-order valence-corrected chi connectivity index (χ1v) is 12.8. The normalized spacial score (nSPS) is 38.3. The van der Waals surface area contributed by atoms with Crippen LogP contribution in [-0.2, 0) is 23.9 Å². The van der Waals surface area contributed by atoms with E-state index in [4.69, 9.17) is 9.47 Å². The van der Waals surface area contributed by atoms with Gasteiger partial charge in [0.05, 0.1) is 18.3 Å². The second-order valence-electron chi connectivity index (χ2n) is 10.8. The predicted molar refractivity (Wildman–Crippen MR) is 122 cm³/mol. The SMILES string of the molecule is CC1CC[C@@H](C)[C@](O)(C(=O)C(=O)N2CCC[C@H]2C(=O)O[C@@H](C)[C@H](C)C[C@@H]2CC[C@@H](O)[C@H](O)C2)O1. The van der Waals surface area contributed by atoms with Crippen molar-refractivity contribution in [1.29, 1.82) is 0 Å². The number of ketones is 1. The zero-order chi connectivity index (χ0) is 25.2. The van der Waals surface area contributed by atoms with E-state index in [2.05, 4.69) is 0 Å². The lowest BCUT2D eigenvalue weighted by atomic mass is 9.79. The molecule has 2 heterocycles. The van der Waals surface area contributed by atoms with Crippen LogP contribution in [0.25, 0.3) is 0 Å². The lowest BCUT2D eigenvalue weighted by molar-refractivity contribution is -0.259. The van der Waals surface area contributed by atoms with Gasteiger partial charge in [0.15, 0.2) is 0 Å². The molecule has 3 rings (SSSR count). The molecule has 34 heavy (non-hydrogen) atoms. The second kappa shape index (κ2) is 11.0. The fourth-order valence-corrected chi connectivity index (χ4v) is 5.50. The predicted octanol–water partition coefficient (Wildman–Crippen LogP) is 1.55. The maximum atomic E-state index is 13.0. The van der Waals surface area contributed by atoms with Crippen molar-refractivity contribution in [2.24, 2.45) is 17.8 Å². The van der Waals surface area contributed by atoms with Crippen molar-refractivity contribution in [2.75, 3.05) is 6.54 Å². The lowest BCUT2D eigenvalue weighted by Crippen LogP contribution is -2.58. The van der Waals surface area contributed by atoms with Gasteiger partial charge in [-0.2, -0.15) is 0 Å². The summed E-state index contributed by atoms with van der Waals surface area (Å²) in [7, 11) is 0. The third-order valence-electron chi connectivity index (χ3n) is 8.06. The minimum Gasteiger partial charge on any atom is -0.461 e. The zero-order valence-corrected chi connectivity index (χ0v) is 20.8. The topological polar surface area (TPSA) is 134 Å². The molecule has 3 aliphatic rings. The van der Waals surface area contributed by atoms with Crippen LogP contribution in [-0.4, -0.2) is 80.7 Å². The highest BCUT2D eigenvalue weighted by Gasteiger charge is 2.52. The van der Waals surface area contributed by atoms with Crippen molar-refractivity contribution < 1.29 is 39.2 Å². The third-order valence-corrected chi connectivity index (χ3v) is 8.06. The summed E-state index contributed by atoms with van der Waals surface area (Å²) >= 11 is 0. The first kappa shape index (κ1) is 27.0. The summed E-state index contributed by atoms with van der Waals surface area (Å²) in [5.74, 6) is -4.89. The van der Waals surface area contributed by atoms with Crippen LogP contribution in [0.1, 0.15) is 79.1 Å². The van der Waals surface area contributed by atoms with E-state index >= 15 is 0 Å². The Morgan fingerprint density at radius 1 is 1.06 bits per heavy atom. The molecule has 0 aromatic rings. The van der Waals surface area contributed by atoms with Gasteiger partial charge in [-0.15, -0.1) is 0 Å². The first-order chi connectivity index (χ1) is 15.9. The summed E-state index contributed by atoms with van der Waals surface area (Å²) < 4.78 is 11.2. The molecule has 3 N–H and O–H groups in total. The van der Waals surface area contributed by atoms with Gasteiger partial charge in [0, 0.05) is 12.5 Å². The molecule has 9 nitrogen and oxygen atoms in total. The molecule has 0 bridgehead atoms. The molecule has 1 aliphatic carbocycles. The monoisotopic (exact) mass is 483 g/mol. The Hall–Kier alpha value is -1.55. The number of aliphatic hydroxyl groups excluding tert-OH is 2. The van der Waals surface area contributed by atoms with E-state index in [1.165, 1.54) is 4.90 Å². The van der Waals surface area contributed by atoms with E-state index in [-0.39, 0.29) is 24.5 Å². The maximum absolute atomic E-state index is 13.0. The average Bonchev–Trinajstić information content (AvgIpc) is 3.28. The summed E-state index contributed by atoms with van der Waals surface area (Å²) in [6.45, 7) is 7.47. The molecule has 1 amide bonds. The molecule has 2 aliphatic heterocycles. The van der Waals surface area contributed by atoms with Crippen LogP contribution in [0, 0.1) is 17.8 Å². The number of esters is 1. The van der Waals surface area contributed by atoms with Crippen molar-refractivity contribution in [3.63, 3.8) is 0 Å². The van der Waals surface area contributed by atoms with Gasteiger partial charge < -0.3 is 29.7 Å². The van der Waals surface area contributed by atoms with Gasteiger partial charge >= 0.3 is 5.97 Å². The molecule has 2 saturated heterocycles. The van der Waals surface area contributed by atoms with Crippen LogP contribution in [0.15, 0.2) is 0 Å². The Bertz CT molecular complexity index is 759. The lowest BCUT2D eigenvalue weighted by Gasteiger charge is -2.40. The van der Waals surface area contributed by atoms with Crippen LogP contribution in [0.2, 0.25) is 0 Å². The van der Waals surface area contributed by atoms with Gasteiger partial charge in [0.2, 0.25) is 5.79 Å². The highest BCUT2D eigenvalue weighted by molar-refractivity contribution is 6.39. The molecule has 9 atom stereocenters. The van der Waals surface area contributed by atoms with Crippen LogP contribution in [0.5, 0.6) is 0 Å². The maximum Gasteiger partial charge on any atom is 0.329 e. The number of likely N-dealkylation sites (tertiary alicyclic amines) is 1. The van der Waals surface area contributed by atoms with Gasteiger partial charge in [0.1, 0.15) is 12.1 Å². The Balaban J connectivity index is 1.58. The minimum absolute atomic E-state index is 0.0299. The number of hydrogen-bond donors (Lipinski definition) is 3. The van der Waals surface area contributed by atoms with E-state index in [0.29, 0.717) is 38.5 Å². The quantitative estimate of drug-likeness (QED) is 0.367. The number of Topliss-reactive ketones (excluding diaryl/α,β-unsaturated/α-hetero) is 1. The van der Waals surface area contributed by atoms with Crippen molar-refractivity contribution in [3.8, 4) is 0 Å². The highest BCUT2D eigenvalue weighted by atomic mass is 16.6. The number of nitrogens with zero attached hydrogens (tertiary/aromatic N) is 1. The fourth-order valence-electron chi connectivity index (χ4n) is 5.50. The number of rotatable bonds is 7. The molecule has 9 heteroatoms. The van der Waals surface area contributed by atoms with Gasteiger partial charge in [0.25, 0.3) is 11.7 Å². The standard InChI is InChI=1S/C25H41NO8/c1-14(12-18-9-10-20(27)21(28)13-18)17(4)33-24(31)19-6-5-11-26(19)23(30)22(29)25(32)15(2)7-8-16(3)34-25/h14-21,27-28,32H,5-13H2,1-4H3/t14-,15-,16?,17+,18+,19+,20-,21-,25-/m1/s1. The van der Waals surface area contributed by atoms with Crippen LogP contribution < -0.4 is 0 Å². The number of carbonyl (C=O) groups excluding carboxylic acids is 3. The molecule has 0 aromatic carbocycles. The molecular weight excluding hydrogens is 442 g/mol. The minimum atomic E-state index is -2.17. The Morgan fingerprint density at radius 2 is 1.76 bits per heavy atom. The zero-order valence-electron chi connectivity index (χ0n) is 20.8.